The molecule has 3 aromatic heterocycles. The minimum Gasteiger partial charge on any atom is -0.464 e. The minimum atomic E-state index is 0.0181. The van der Waals surface area contributed by atoms with E-state index in [1.165, 1.54) is 20.5 Å². The Morgan fingerprint density at radius 2 is 1.93 bits per heavy atom. The SMILES string of the molecule is C=CSc1ccc(-c2ncnc3sc4cc5occ(C)c5cc4c23)cc1C(C)(C)C. The molecule has 0 fully saturated rings. The number of rotatable bonds is 3. The van der Waals surface area contributed by atoms with Gasteiger partial charge in [-0.05, 0) is 53.1 Å². The van der Waals surface area contributed by atoms with E-state index in [2.05, 4.69) is 69.6 Å². The molecule has 0 unspecified atom stereocenters. The van der Waals surface area contributed by atoms with E-state index in [0.29, 0.717) is 0 Å². The van der Waals surface area contributed by atoms with Gasteiger partial charge < -0.3 is 4.42 Å². The van der Waals surface area contributed by atoms with Gasteiger partial charge in [0.1, 0.15) is 16.7 Å². The molecule has 0 atom stereocenters. The number of fused-ring (bicyclic) bond motifs is 4. The number of aryl methyl sites for hydroxylation is 1. The summed E-state index contributed by atoms with van der Waals surface area (Å²) >= 11 is 3.35. The maximum Gasteiger partial charge on any atom is 0.135 e. The Balaban J connectivity index is 1.81. The maximum atomic E-state index is 5.72. The lowest BCUT2D eigenvalue weighted by Gasteiger charge is -2.23. The van der Waals surface area contributed by atoms with Gasteiger partial charge in [0.25, 0.3) is 0 Å². The first-order valence-electron chi connectivity index (χ1n) is 9.84. The molecule has 150 valence electrons. The zero-order valence-corrected chi connectivity index (χ0v) is 19.1. The molecule has 0 saturated carbocycles. The van der Waals surface area contributed by atoms with Gasteiger partial charge in [0.2, 0.25) is 0 Å². The molecule has 5 heteroatoms. The van der Waals surface area contributed by atoms with Crippen molar-refractivity contribution in [1.82, 2.24) is 9.97 Å². The second-order valence-corrected chi connectivity index (χ2v) is 10.6. The van der Waals surface area contributed by atoms with Gasteiger partial charge in [-0.2, -0.15) is 0 Å². The molecule has 5 aromatic rings. The minimum absolute atomic E-state index is 0.0181. The first-order chi connectivity index (χ1) is 14.4. The average molecular weight is 431 g/mol. The van der Waals surface area contributed by atoms with E-state index in [-0.39, 0.29) is 5.41 Å². The molecular formula is C25H22N2OS2. The Kier molecular flexibility index (Phi) is 4.49. The normalized spacial score (nSPS) is 12.3. The van der Waals surface area contributed by atoms with Crippen molar-refractivity contribution in [2.45, 2.75) is 38.0 Å². The van der Waals surface area contributed by atoms with E-state index in [1.54, 1.807) is 29.4 Å². The predicted octanol–water partition coefficient (Wildman–Crippen LogP) is 8.10. The van der Waals surface area contributed by atoms with Crippen LogP contribution in [0, 0.1) is 6.92 Å². The van der Waals surface area contributed by atoms with Gasteiger partial charge in [0.15, 0.2) is 0 Å². The van der Waals surface area contributed by atoms with E-state index < -0.39 is 0 Å². The third-order valence-corrected chi connectivity index (χ3v) is 7.27. The summed E-state index contributed by atoms with van der Waals surface area (Å²) in [7, 11) is 0. The van der Waals surface area contributed by atoms with Gasteiger partial charge in [0.05, 0.1) is 12.0 Å². The van der Waals surface area contributed by atoms with Crippen LogP contribution in [0.2, 0.25) is 0 Å². The number of benzene rings is 2. The fourth-order valence-corrected chi connectivity index (χ4v) is 5.80. The zero-order chi connectivity index (χ0) is 21.0. The highest BCUT2D eigenvalue weighted by atomic mass is 32.2. The summed E-state index contributed by atoms with van der Waals surface area (Å²) in [6, 6.07) is 11.0. The third-order valence-electron chi connectivity index (χ3n) is 5.43. The molecule has 0 aliphatic rings. The summed E-state index contributed by atoms with van der Waals surface area (Å²) in [4.78, 5) is 11.5. The molecule has 0 N–H and O–H groups in total. The largest absolute Gasteiger partial charge is 0.464 e. The molecule has 0 saturated heterocycles. The van der Waals surface area contributed by atoms with Crippen LogP contribution in [0.25, 0.3) is 42.5 Å². The molecule has 0 amide bonds. The number of nitrogens with zero attached hydrogens (tertiary/aromatic N) is 2. The van der Waals surface area contributed by atoms with Crippen LogP contribution in [0.5, 0.6) is 0 Å². The second kappa shape index (κ2) is 6.96. The summed E-state index contributed by atoms with van der Waals surface area (Å²) in [5, 5.41) is 5.33. The first-order valence-corrected chi connectivity index (χ1v) is 11.5. The van der Waals surface area contributed by atoms with Crippen molar-refractivity contribution in [3.05, 3.63) is 66.0 Å². The molecule has 30 heavy (non-hydrogen) atoms. The maximum absolute atomic E-state index is 5.72. The first kappa shape index (κ1) is 19.3. The third kappa shape index (κ3) is 3.04. The molecule has 3 nitrogen and oxygen atoms in total. The number of thioether (sulfide) groups is 1. The standard InChI is InChI=1S/C25H22N2OS2/c1-6-29-20-8-7-15(9-18(20)25(3,4)5)23-22-17-10-16-14(2)12-28-19(16)11-21(17)30-24(22)27-13-26-23/h6-13H,1H2,2-5H3. The molecule has 3 heterocycles. The lowest BCUT2D eigenvalue weighted by atomic mass is 9.85. The second-order valence-electron chi connectivity index (χ2n) is 8.51. The van der Waals surface area contributed by atoms with Crippen molar-refractivity contribution in [3.8, 4) is 11.3 Å². The lowest BCUT2D eigenvalue weighted by Crippen LogP contribution is -2.12. The summed E-state index contributed by atoms with van der Waals surface area (Å²) < 4.78 is 6.89. The topological polar surface area (TPSA) is 38.9 Å². The predicted molar refractivity (Wildman–Crippen MR) is 130 cm³/mol. The van der Waals surface area contributed by atoms with Crippen LogP contribution in [0.1, 0.15) is 31.9 Å². The van der Waals surface area contributed by atoms with Crippen LogP contribution in [-0.4, -0.2) is 9.97 Å². The average Bonchev–Trinajstić information content (AvgIpc) is 3.26. The van der Waals surface area contributed by atoms with E-state index in [9.17, 15) is 0 Å². The highest BCUT2D eigenvalue weighted by molar-refractivity contribution is 8.02. The molecule has 0 radical (unpaired) electrons. The summed E-state index contributed by atoms with van der Waals surface area (Å²) in [6.45, 7) is 12.7. The van der Waals surface area contributed by atoms with Crippen molar-refractivity contribution in [2.75, 3.05) is 0 Å². The number of furan rings is 1. The molecule has 2 aromatic carbocycles. The van der Waals surface area contributed by atoms with Crippen molar-refractivity contribution >= 4 is 54.4 Å². The van der Waals surface area contributed by atoms with Crippen LogP contribution >= 0.6 is 23.1 Å². The number of hydrogen-bond donors (Lipinski definition) is 0. The number of thiophene rings is 1. The molecule has 0 aliphatic heterocycles. The fourth-order valence-electron chi connectivity index (χ4n) is 3.93. The summed E-state index contributed by atoms with van der Waals surface area (Å²) in [5.74, 6) is 0. The van der Waals surface area contributed by atoms with Crippen molar-refractivity contribution < 1.29 is 4.42 Å². The quantitative estimate of drug-likeness (QED) is 0.271. The van der Waals surface area contributed by atoms with Gasteiger partial charge in [-0.25, -0.2) is 9.97 Å². The monoisotopic (exact) mass is 430 g/mol. The Hall–Kier alpha value is -2.63. The van der Waals surface area contributed by atoms with Crippen molar-refractivity contribution in [2.24, 2.45) is 0 Å². The van der Waals surface area contributed by atoms with Crippen LogP contribution < -0.4 is 0 Å². The molecule has 0 aliphatic carbocycles. The van der Waals surface area contributed by atoms with E-state index >= 15 is 0 Å². The highest BCUT2D eigenvalue weighted by Gasteiger charge is 2.21. The van der Waals surface area contributed by atoms with E-state index in [4.69, 9.17) is 9.40 Å². The van der Waals surface area contributed by atoms with Gasteiger partial charge in [-0.3, -0.25) is 0 Å². The van der Waals surface area contributed by atoms with Crippen molar-refractivity contribution in [3.63, 3.8) is 0 Å². The Bertz CT molecular complexity index is 1440. The molecular weight excluding hydrogens is 408 g/mol. The van der Waals surface area contributed by atoms with Crippen LogP contribution in [0.15, 0.2) is 64.2 Å². The number of aromatic nitrogens is 2. The zero-order valence-electron chi connectivity index (χ0n) is 17.4. The fraction of sp³-hybridized carbons (Fsp3) is 0.200. The Morgan fingerprint density at radius 1 is 1.10 bits per heavy atom. The number of hydrogen-bond acceptors (Lipinski definition) is 5. The van der Waals surface area contributed by atoms with Gasteiger partial charge in [-0.15, -0.1) is 11.3 Å². The molecule has 5 rings (SSSR count). The van der Waals surface area contributed by atoms with E-state index in [0.717, 1.165) is 38.0 Å². The Morgan fingerprint density at radius 3 is 2.70 bits per heavy atom. The van der Waals surface area contributed by atoms with Gasteiger partial charge in [-0.1, -0.05) is 45.2 Å². The summed E-state index contributed by atoms with van der Waals surface area (Å²) in [5.41, 5.74) is 5.47. The van der Waals surface area contributed by atoms with Gasteiger partial charge >= 0.3 is 0 Å². The highest BCUT2D eigenvalue weighted by Crippen LogP contribution is 2.42. The van der Waals surface area contributed by atoms with Crippen LogP contribution in [-0.2, 0) is 5.41 Å². The van der Waals surface area contributed by atoms with Crippen LogP contribution in [0.4, 0.5) is 0 Å². The van der Waals surface area contributed by atoms with E-state index in [1.807, 2.05) is 11.7 Å². The van der Waals surface area contributed by atoms with Crippen LogP contribution in [0.3, 0.4) is 0 Å². The lowest BCUT2D eigenvalue weighted by molar-refractivity contribution is 0.578. The summed E-state index contributed by atoms with van der Waals surface area (Å²) in [6.07, 6.45) is 3.49. The molecule has 0 bridgehead atoms. The Labute approximate surface area is 183 Å². The van der Waals surface area contributed by atoms with Gasteiger partial charge in [0, 0.05) is 31.3 Å². The smallest absolute Gasteiger partial charge is 0.135 e. The van der Waals surface area contributed by atoms with Crippen molar-refractivity contribution in [1.29, 1.82) is 0 Å². The molecule has 0 spiro atoms.